The number of nitrogens with one attached hydrogen (secondary N) is 1. The van der Waals surface area contributed by atoms with Crippen LogP contribution in [0, 0.1) is 0 Å². The van der Waals surface area contributed by atoms with Gasteiger partial charge in [-0.25, -0.2) is 4.79 Å². The molecule has 0 saturated heterocycles. The second-order valence-electron chi connectivity index (χ2n) is 5.58. The van der Waals surface area contributed by atoms with Crippen LogP contribution in [0.25, 0.3) is 11.3 Å². The lowest BCUT2D eigenvalue weighted by Gasteiger charge is -2.19. The number of rotatable bonds is 2. The van der Waals surface area contributed by atoms with Crippen LogP contribution in [0.15, 0.2) is 42.6 Å². The molecule has 1 aromatic heterocycles. The van der Waals surface area contributed by atoms with Crippen molar-refractivity contribution in [3.63, 3.8) is 0 Å². The molecule has 2 rings (SSSR count). The highest BCUT2D eigenvalue weighted by Crippen LogP contribution is 2.28. The minimum Gasteiger partial charge on any atom is -0.506 e. The van der Waals surface area contributed by atoms with E-state index in [4.69, 9.17) is 4.74 Å². The van der Waals surface area contributed by atoms with E-state index in [1.165, 1.54) is 0 Å². The highest BCUT2D eigenvalue weighted by Gasteiger charge is 2.16. The summed E-state index contributed by atoms with van der Waals surface area (Å²) in [6.07, 6.45) is 1.08. The summed E-state index contributed by atoms with van der Waals surface area (Å²) in [5.74, 6) is 0.0897. The van der Waals surface area contributed by atoms with Gasteiger partial charge in [-0.2, -0.15) is 0 Å². The standard InChI is InChI=1S/C16H18N2O3/c1-16(2,3)21-15(20)18-12-7-4-6-11(10-12)14-13(19)8-5-9-17-14/h4-10,19H,1-3H3,(H,18,20). The van der Waals surface area contributed by atoms with Crippen LogP contribution < -0.4 is 5.32 Å². The van der Waals surface area contributed by atoms with Crippen LogP contribution >= 0.6 is 0 Å². The number of aromatic nitrogens is 1. The van der Waals surface area contributed by atoms with E-state index < -0.39 is 11.7 Å². The molecule has 0 saturated carbocycles. The largest absolute Gasteiger partial charge is 0.506 e. The molecule has 0 unspecified atom stereocenters. The average molecular weight is 286 g/mol. The van der Waals surface area contributed by atoms with Crippen LogP contribution in [-0.4, -0.2) is 21.8 Å². The summed E-state index contributed by atoms with van der Waals surface area (Å²) in [7, 11) is 0. The highest BCUT2D eigenvalue weighted by atomic mass is 16.6. The zero-order valence-electron chi connectivity index (χ0n) is 12.3. The van der Waals surface area contributed by atoms with Crippen molar-refractivity contribution >= 4 is 11.8 Å². The number of hydrogen-bond donors (Lipinski definition) is 2. The fraction of sp³-hybridized carbons (Fsp3) is 0.250. The second kappa shape index (κ2) is 5.83. The highest BCUT2D eigenvalue weighted by molar-refractivity contribution is 5.86. The molecular weight excluding hydrogens is 268 g/mol. The van der Waals surface area contributed by atoms with Crippen molar-refractivity contribution in [2.45, 2.75) is 26.4 Å². The minimum absolute atomic E-state index is 0.0897. The Labute approximate surface area is 123 Å². The third-order valence-corrected chi connectivity index (χ3v) is 2.57. The monoisotopic (exact) mass is 286 g/mol. The van der Waals surface area contributed by atoms with Gasteiger partial charge in [-0.15, -0.1) is 0 Å². The average Bonchev–Trinajstić information content (AvgIpc) is 2.37. The molecular formula is C16H18N2O3. The lowest BCUT2D eigenvalue weighted by Crippen LogP contribution is -2.27. The summed E-state index contributed by atoms with van der Waals surface area (Å²) >= 11 is 0. The molecule has 1 amide bonds. The van der Waals surface area contributed by atoms with Gasteiger partial charge in [0.25, 0.3) is 0 Å². The maximum Gasteiger partial charge on any atom is 0.412 e. The van der Waals surface area contributed by atoms with Gasteiger partial charge in [-0.3, -0.25) is 10.3 Å². The summed E-state index contributed by atoms with van der Waals surface area (Å²) in [5.41, 5.74) is 1.19. The van der Waals surface area contributed by atoms with Gasteiger partial charge in [0, 0.05) is 17.4 Å². The fourth-order valence-corrected chi connectivity index (χ4v) is 1.78. The number of pyridine rings is 1. The quantitative estimate of drug-likeness (QED) is 0.880. The van der Waals surface area contributed by atoms with Crippen molar-refractivity contribution in [3.8, 4) is 17.0 Å². The molecule has 0 atom stereocenters. The van der Waals surface area contributed by atoms with Gasteiger partial charge in [0.05, 0.1) is 0 Å². The number of hydrogen-bond acceptors (Lipinski definition) is 4. The first-order chi connectivity index (χ1) is 9.85. The molecule has 0 bridgehead atoms. The molecule has 2 N–H and O–H groups in total. The number of aromatic hydroxyl groups is 1. The molecule has 1 aromatic carbocycles. The zero-order chi connectivity index (χ0) is 15.5. The van der Waals surface area contributed by atoms with Gasteiger partial charge in [-0.1, -0.05) is 12.1 Å². The summed E-state index contributed by atoms with van der Waals surface area (Å²) in [6, 6.07) is 10.3. The number of anilines is 1. The van der Waals surface area contributed by atoms with Crippen molar-refractivity contribution < 1.29 is 14.6 Å². The van der Waals surface area contributed by atoms with E-state index in [1.807, 2.05) is 6.07 Å². The smallest absolute Gasteiger partial charge is 0.412 e. The molecule has 5 nitrogen and oxygen atoms in total. The van der Waals surface area contributed by atoms with Crippen molar-refractivity contribution in [2.75, 3.05) is 5.32 Å². The summed E-state index contributed by atoms with van der Waals surface area (Å²) in [5, 5.41) is 12.5. The Morgan fingerprint density at radius 3 is 2.67 bits per heavy atom. The number of carbonyl (C=O) groups excluding carboxylic acids is 1. The van der Waals surface area contributed by atoms with E-state index in [9.17, 15) is 9.90 Å². The number of amides is 1. The van der Waals surface area contributed by atoms with Crippen LogP contribution in [0.5, 0.6) is 5.75 Å². The molecule has 2 aromatic rings. The number of ether oxygens (including phenoxy) is 1. The maximum absolute atomic E-state index is 11.7. The molecule has 0 aliphatic heterocycles. The van der Waals surface area contributed by atoms with E-state index in [2.05, 4.69) is 10.3 Å². The van der Waals surface area contributed by atoms with Crippen LogP contribution in [0.1, 0.15) is 20.8 Å². The summed E-state index contributed by atoms with van der Waals surface area (Å²) in [6.45, 7) is 5.40. The van der Waals surface area contributed by atoms with Crippen molar-refractivity contribution in [1.82, 2.24) is 4.98 Å². The third-order valence-electron chi connectivity index (χ3n) is 2.57. The molecule has 5 heteroatoms. The predicted molar refractivity (Wildman–Crippen MR) is 81.2 cm³/mol. The third kappa shape index (κ3) is 4.21. The molecule has 110 valence electrons. The number of nitrogens with zero attached hydrogens (tertiary/aromatic N) is 1. The Balaban J connectivity index is 2.19. The zero-order valence-corrected chi connectivity index (χ0v) is 12.3. The van der Waals surface area contributed by atoms with E-state index in [1.54, 1.807) is 57.3 Å². The lowest BCUT2D eigenvalue weighted by molar-refractivity contribution is 0.0636. The predicted octanol–water partition coefficient (Wildman–Crippen LogP) is 3.80. The Hall–Kier alpha value is -2.56. The molecule has 21 heavy (non-hydrogen) atoms. The molecule has 0 radical (unpaired) electrons. The van der Waals surface area contributed by atoms with Gasteiger partial charge < -0.3 is 9.84 Å². The van der Waals surface area contributed by atoms with Crippen LogP contribution in [0.3, 0.4) is 0 Å². The Bertz CT molecular complexity index is 648. The van der Waals surface area contributed by atoms with Gasteiger partial charge in [0.1, 0.15) is 17.0 Å². The van der Waals surface area contributed by atoms with Gasteiger partial charge in [-0.05, 0) is 45.0 Å². The molecule has 0 aliphatic rings. The first-order valence-electron chi connectivity index (χ1n) is 6.59. The van der Waals surface area contributed by atoms with Gasteiger partial charge in [0.15, 0.2) is 0 Å². The van der Waals surface area contributed by atoms with Gasteiger partial charge >= 0.3 is 6.09 Å². The molecule has 0 aliphatic carbocycles. The maximum atomic E-state index is 11.7. The molecule has 1 heterocycles. The number of carbonyl (C=O) groups is 1. The summed E-state index contributed by atoms with van der Waals surface area (Å²) < 4.78 is 5.20. The van der Waals surface area contributed by atoms with Crippen molar-refractivity contribution in [1.29, 1.82) is 0 Å². The summed E-state index contributed by atoms with van der Waals surface area (Å²) in [4.78, 5) is 15.9. The fourth-order valence-electron chi connectivity index (χ4n) is 1.78. The van der Waals surface area contributed by atoms with E-state index >= 15 is 0 Å². The second-order valence-corrected chi connectivity index (χ2v) is 5.58. The minimum atomic E-state index is -0.555. The lowest BCUT2D eigenvalue weighted by atomic mass is 10.1. The first kappa shape index (κ1) is 14.8. The number of benzene rings is 1. The SMILES string of the molecule is CC(C)(C)OC(=O)Nc1cccc(-c2ncccc2O)c1. The molecule has 0 spiro atoms. The first-order valence-corrected chi connectivity index (χ1v) is 6.59. The van der Waals surface area contributed by atoms with Gasteiger partial charge in [0.2, 0.25) is 0 Å². The molecule has 0 fully saturated rings. The van der Waals surface area contributed by atoms with Crippen molar-refractivity contribution in [3.05, 3.63) is 42.6 Å². The Kier molecular flexibility index (Phi) is 4.12. The van der Waals surface area contributed by atoms with Crippen LogP contribution in [0.4, 0.5) is 10.5 Å². The van der Waals surface area contributed by atoms with E-state index in [-0.39, 0.29) is 5.75 Å². The van der Waals surface area contributed by atoms with E-state index in [0.717, 1.165) is 0 Å². The normalized spacial score (nSPS) is 11.0. The Morgan fingerprint density at radius 1 is 1.24 bits per heavy atom. The van der Waals surface area contributed by atoms with Crippen molar-refractivity contribution in [2.24, 2.45) is 0 Å². The topological polar surface area (TPSA) is 71.5 Å². The van der Waals surface area contributed by atoms with Crippen LogP contribution in [-0.2, 0) is 4.74 Å². The van der Waals surface area contributed by atoms with Crippen LogP contribution in [0.2, 0.25) is 0 Å². The Morgan fingerprint density at radius 2 is 2.00 bits per heavy atom. The van der Waals surface area contributed by atoms with E-state index in [0.29, 0.717) is 16.9 Å².